The van der Waals surface area contributed by atoms with E-state index in [1.165, 1.54) is 0 Å². The zero-order chi connectivity index (χ0) is 9.80. The number of benzene rings is 1. The number of amidine groups is 1. The van der Waals surface area contributed by atoms with Gasteiger partial charge >= 0.3 is 6.03 Å². The smallest absolute Gasteiger partial charge is 0.320 e. The van der Waals surface area contributed by atoms with Crippen LogP contribution in [-0.2, 0) is 0 Å². The van der Waals surface area contributed by atoms with E-state index in [9.17, 15) is 4.79 Å². The molecule has 1 aromatic rings. The van der Waals surface area contributed by atoms with E-state index in [4.69, 9.17) is 0 Å². The Kier molecular flexibility index (Phi) is 2.31. The summed E-state index contributed by atoms with van der Waals surface area (Å²) in [6.45, 7) is 0.443. The molecule has 1 aromatic carbocycles. The largest absolute Gasteiger partial charge is 0.331 e. The number of amides is 2. The van der Waals surface area contributed by atoms with Crippen molar-refractivity contribution in [1.82, 2.24) is 10.6 Å². The summed E-state index contributed by atoms with van der Waals surface area (Å²) in [7, 11) is 0. The minimum Gasteiger partial charge on any atom is -0.331 e. The molecule has 14 heavy (non-hydrogen) atoms. The number of carbonyl (C=O) groups excluding carboxylic acids is 1. The molecule has 0 saturated carbocycles. The molecule has 0 aliphatic carbocycles. The molecule has 0 radical (unpaired) electrons. The van der Waals surface area contributed by atoms with Crippen LogP contribution in [0.25, 0.3) is 0 Å². The molecule has 72 valence electrons. The van der Waals surface area contributed by atoms with E-state index in [0.717, 1.165) is 5.69 Å². The van der Waals surface area contributed by atoms with E-state index in [-0.39, 0.29) is 6.03 Å². The molecule has 1 saturated heterocycles. The van der Waals surface area contributed by atoms with E-state index in [0.29, 0.717) is 12.4 Å². The zero-order valence-corrected chi connectivity index (χ0v) is 7.45. The number of anilines is 1. The Morgan fingerprint density at radius 3 is 2.71 bits per heavy atom. The molecular formula is C9H10N4O. The number of carbonyl (C=O) groups is 1. The highest BCUT2D eigenvalue weighted by Gasteiger charge is 2.13. The van der Waals surface area contributed by atoms with Crippen molar-refractivity contribution in [2.75, 3.05) is 12.0 Å². The van der Waals surface area contributed by atoms with Gasteiger partial charge < -0.3 is 5.32 Å². The van der Waals surface area contributed by atoms with Crippen LogP contribution in [0.5, 0.6) is 0 Å². The van der Waals surface area contributed by atoms with Crippen LogP contribution in [-0.4, -0.2) is 18.4 Å². The van der Waals surface area contributed by atoms with Gasteiger partial charge in [0.25, 0.3) is 0 Å². The lowest BCUT2D eigenvalue weighted by molar-refractivity contribution is 0.249. The predicted octanol–water partition coefficient (Wildman–Crippen LogP) is 0.725. The average molecular weight is 190 g/mol. The second-order valence-corrected chi connectivity index (χ2v) is 2.84. The van der Waals surface area contributed by atoms with Gasteiger partial charge in [0.1, 0.15) is 5.84 Å². The minimum atomic E-state index is -0.210. The second kappa shape index (κ2) is 3.78. The Labute approximate surface area is 81.2 Å². The first-order valence-corrected chi connectivity index (χ1v) is 4.27. The Bertz CT molecular complexity index is 360. The molecule has 1 aliphatic heterocycles. The number of para-hydroxylation sites is 1. The summed E-state index contributed by atoms with van der Waals surface area (Å²) in [6, 6.07) is 9.33. The summed E-state index contributed by atoms with van der Waals surface area (Å²) in [4.78, 5) is 10.7. The molecular weight excluding hydrogens is 180 g/mol. The van der Waals surface area contributed by atoms with Crippen LogP contribution >= 0.6 is 0 Å². The van der Waals surface area contributed by atoms with Crippen LogP contribution in [0.1, 0.15) is 0 Å². The van der Waals surface area contributed by atoms with E-state index >= 15 is 0 Å². The summed E-state index contributed by atoms with van der Waals surface area (Å²) in [6.07, 6.45) is 0. The lowest BCUT2D eigenvalue weighted by atomic mass is 10.3. The van der Waals surface area contributed by atoms with Gasteiger partial charge in [-0.05, 0) is 12.1 Å². The number of hydrazone groups is 1. The SMILES string of the molecule is O=C1NCC(=NNc2ccccc2)N1. The molecule has 3 N–H and O–H groups in total. The van der Waals surface area contributed by atoms with Crippen molar-refractivity contribution in [3.05, 3.63) is 30.3 Å². The van der Waals surface area contributed by atoms with Crippen LogP contribution in [0.15, 0.2) is 35.4 Å². The predicted molar refractivity (Wildman–Crippen MR) is 54.0 cm³/mol. The molecule has 5 heteroatoms. The average Bonchev–Trinajstić information content (AvgIpc) is 2.63. The van der Waals surface area contributed by atoms with Gasteiger partial charge in [-0.25, -0.2) is 4.79 Å². The van der Waals surface area contributed by atoms with Gasteiger partial charge in [0.2, 0.25) is 0 Å². The molecule has 2 amide bonds. The Hall–Kier alpha value is -2.04. The first kappa shape index (κ1) is 8.55. The second-order valence-electron chi connectivity index (χ2n) is 2.84. The standard InChI is InChI=1S/C9H10N4O/c14-9-10-6-8(11-9)13-12-7-4-2-1-3-5-7/h1-5,12H,6H2,(H2,10,11,13,14). The molecule has 0 atom stereocenters. The van der Waals surface area contributed by atoms with Gasteiger partial charge in [0.05, 0.1) is 12.2 Å². The van der Waals surface area contributed by atoms with Crippen LogP contribution < -0.4 is 16.1 Å². The van der Waals surface area contributed by atoms with Crippen LogP contribution in [0, 0.1) is 0 Å². The molecule has 1 aliphatic rings. The quantitative estimate of drug-likeness (QED) is 0.602. The number of rotatable bonds is 2. The number of hydrogen-bond acceptors (Lipinski definition) is 3. The fraction of sp³-hybridized carbons (Fsp3) is 0.111. The number of nitrogens with one attached hydrogen (secondary N) is 3. The molecule has 5 nitrogen and oxygen atoms in total. The summed E-state index contributed by atoms with van der Waals surface area (Å²) in [5, 5.41) is 9.16. The van der Waals surface area contributed by atoms with Crippen molar-refractivity contribution < 1.29 is 4.79 Å². The van der Waals surface area contributed by atoms with Crippen molar-refractivity contribution >= 4 is 17.6 Å². The topological polar surface area (TPSA) is 65.5 Å². The van der Waals surface area contributed by atoms with Gasteiger partial charge in [-0.1, -0.05) is 18.2 Å². The summed E-state index contributed by atoms with van der Waals surface area (Å²) in [5.74, 6) is 0.596. The highest BCUT2D eigenvalue weighted by molar-refractivity contribution is 6.05. The van der Waals surface area contributed by atoms with Gasteiger partial charge in [-0.3, -0.25) is 10.7 Å². The van der Waals surface area contributed by atoms with Gasteiger partial charge in [-0.15, -0.1) is 0 Å². The third kappa shape index (κ3) is 2.01. The Morgan fingerprint density at radius 2 is 2.07 bits per heavy atom. The summed E-state index contributed by atoms with van der Waals surface area (Å²) in [5.41, 5.74) is 3.73. The van der Waals surface area contributed by atoms with Crippen LogP contribution in [0.3, 0.4) is 0 Å². The number of nitrogens with zero attached hydrogens (tertiary/aromatic N) is 1. The third-order valence-electron chi connectivity index (χ3n) is 1.77. The van der Waals surface area contributed by atoms with Crippen molar-refractivity contribution in [2.24, 2.45) is 5.10 Å². The fourth-order valence-corrected chi connectivity index (χ4v) is 1.10. The van der Waals surface area contributed by atoms with Gasteiger partial charge in [0.15, 0.2) is 0 Å². The van der Waals surface area contributed by atoms with E-state index in [1.54, 1.807) is 0 Å². The fourth-order valence-electron chi connectivity index (χ4n) is 1.10. The maximum absolute atomic E-state index is 10.7. The van der Waals surface area contributed by atoms with Crippen molar-refractivity contribution in [1.29, 1.82) is 0 Å². The van der Waals surface area contributed by atoms with E-state index in [1.807, 2.05) is 30.3 Å². The molecule has 1 fully saturated rings. The van der Waals surface area contributed by atoms with Gasteiger partial charge in [0, 0.05) is 0 Å². The van der Waals surface area contributed by atoms with Crippen molar-refractivity contribution in [3.63, 3.8) is 0 Å². The maximum Gasteiger partial charge on any atom is 0.320 e. The summed E-state index contributed by atoms with van der Waals surface area (Å²) < 4.78 is 0. The third-order valence-corrected chi connectivity index (χ3v) is 1.77. The minimum absolute atomic E-state index is 0.210. The van der Waals surface area contributed by atoms with Crippen LogP contribution in [0.4, 0.5) is 10.5 Å². The van der Waals surface area contributed by atoms with E-state index in [2.05, 4.69) is 21.2 Å². The molecule has 0 aromatic heterocycles. The normalized spacial score (nSPS) is 17.7. The Balaban J connectivity index is 1.97. The first-order valence-electron chi connectivity index (χ1n) is 4.27. The lowest BCUT2D eigenvalue weighted by Gasteiger charge is -1.99. The Morgan fingerprint density at radius 1 is 1.29 bits per heavy atom. The van der Waals surface area contributed by atoms with E-state index < -0.39 is 0 Å². The molecule has 0 unspecified atom stereocenters. The monoisotopic (exact) mass is 190 g/mol. The van der Waals surface area contributed by atoms with Crippen LogP contribution in [0.2, 0.25) is 0 Å². The number of urea groups is 1. The molecule has 0 spiro atoms. The highest BCUT2D eigenvalue weighted by atomic mass is 16.2. The van der Waals surface area contributed by atoms with Crippen molar-refractivity contribution in [2.45, 2.75) is 0 Å². The molecule has 2 rings (SSSR count). The zero-order valence-electron chi connectivity index (χ0n) is 7.45. The maximum atomic E-state index is 10.7. The van der Waals surface area contributed by atoms with Gasteiger partial charge in [-0.2, -0.15) is 5.10 Å². The lowest BCUT2D eigenvalue weighted by Crippen LogP contribution is -2.23. The van der Waals surface area contributed by atoms with Crippen molar-refractivity contribution in [3.8, 4) is 0 Å². The molecule has 1 heterocycles. The highest BCUT2D eigenvalue weighted by Crippen LogP contribution is 2.04. The summed E-state index contributed by atoms with van der Waals surface area (Å²) >= 11 is 0. The first-order chi connectivity index (χ1) is 6.84. The number of hydrogen-bond donors (Lipinski definition) is 3. The molecule has 0 bridgehead atoms.